The summed E-state index contributed by atoms with van der Waals surface area (Å²) < 4.78 is 59.3. The molecular formula is C14H19F4NO2. The topological polar surface area (TPSA) is 44.5 Å². The molecule has 0 saturated heterocycles. The quantitative estimate of drug-likeness (QED) is 0.787. The lowest BCUT2D eigenvalue weighted by molar-refractivity contribution is -0.166. The van der Waals surface area contributed by atoms with Crippen LogP contribution in [0.2, 0.25) is 0 Å². The Kier molecular flexibility index (Phi) is 5.98. The van der Waals surface area contributed by atoms with Gasteiger partial charge in [-0.2, -0.15) is 8.78 Å². The van der Waals surface area contributed by atoms with Crippen LogP contribution in [-0.2, 0) is 4.74 Å². The van der Waals surface area contributed by atoms with Crippen molar-refractivity contribution in [3.8, 4) is 5.75 Å². The van der Waals surface area contributed by atoms with Crippen molar-refractivity contribution in [2.45, 2.75) is 32.2 Å². The van der Waals surface area contributed by atoms with E-state index in [0.29, 0.717) is 11.3 Å². The van der Waals surface area contributed by atoms with Crippen LogP contribution in [0.15, 0.2) is 12.1 Å². The van der Waals surface area contributed by atoms with Gasteiger partial charge in [0.25, 0.3) is 0 Å². The summed E-state index contributed by atoms with van der Waals surface area (Å²) in [6.07, 6.45) is -3.76. The highest BCUT2D eigenvalue weighted by Crippen LogP contribution is 2.30. The molecule has 1 aromatic carbocycles. The largest absolute Gasteiger partial charge is 0.496 e. The number of hydrogen-bond acceptors (Lipinski definition) is 3. The lowest BCUT2D eigenvalue weighted by atomic mass is 10.00. The summed E-state index contributed by atoms with van der Waals surface area (Å²) in [5.41, 5.74) is 8.31. The van der Waals surface area contributed by atoms with Gasteiger partial charge in [-0.25, -0.2) is 8.78 Å². The molecule has 0 fully saturated rings. The van der Waals surface area contributed by atoms with E-state index in [2.05, 4.69) is 4.74 Å². The van der Waals surface area contributed by atoms with Crippen molar-refractivity contribution in [1.29, 1.82) is 0 Å². The first-order valence-corrected chi connectivity index (χ1v) is 6.34. The first-order chi connectivity index (χ1) is 9.70. The van der Waals surface area contributed by atoms with E-state index < -0.39 is 25.0 Å². The molecule has 0 radical (unpaired) electrons. The molecule has 21 heavy (non-hydrogen) atoms. The Hall–Kier alpha value is -1.34. The summed E-state index contributed by atoms with van der Waals surface area (Å²) in [7, 11) is 1.48. The van der Waals surface area contributed by atoms with Crippen LogP contribution in [0.4, 0.5) is 17.6 Å². The maximum Gasteiger partial charge on any atom is 0.330 e. The minimum atomic E-state index is -4.17. The third kappa shape index (κ3) is 4.31. The van der Waals surface area contributed by atoms with Crippen LogP contribution in [0.5, 0.6) is 5.75 Å². The normalized spacial score (nSPS) is 13.6. The molecule has 0 saturated carbocycles. The number of aryl methyl sites for hydroxylation is 1. The van der Waals surface area contributed by atoms with E-state index in [1.165, 1.54) is 7.11 Å². The molecule has 120 valence electrons. The Bertz CT molecular complexity index is 480. The van der Waals surface area contributed by atoms with Crippen LogP contribution < -0.4 is 10.5 Å². The predicted octanol–water partition coefficient (Wildman–Crippen LogP) is 3.23. The molecule has 1 rings (SSSR count). The van der Waals surface area contributed by atoms with E-state index in [0.717, 1.165) is 11.1 Å². The van der Waals surface area contributed by atoms with Gasteiger partial charge in [0.2, 0.25) is 0 Å². The Morgan fingerprint density at radius 3 is 2.38 bits per heavy atom. The molecule has 2 N–H and O–H groups in total. The third-order valence-electron chi connectivity index (χ3n) is 3.22. The summed E-state index contributed by atoms with van der Waals surface area (Å²) >= 11 is 0. The molecule has 0 aliphatic heterocycles. The molecule has 0 aliphatic rings. The SMILES string of the molecule is COc1c(C(N)COCC(F)(F)C(F)F)ccc(C)c1C. The van der Waals surface area contributed by atoms with Crippen molar-refractivity contribution in [2.24, 2.45) is 5.73 Å². The maximum atomic E-state index is 12.7. The fourth-order valence-electron chi connectivity index (χ4n) is 1.85. The zero-order valence-corrected chi connectivity index (χ0v) is 12.1. The van der Waals surface area contributed by atoms with Gasteiger partial charge in [-0.1, -0.05) is 12.1 Å². The fourth-order valence-corrected chi connectivity index (χ4v) is 1.85. The molecule has 1 atom stereocenters. The molecule has 0 bridgehead atoms. The number of halogens is 4. The van der Waals surface area contributed by atoms with E-state index in [9.17, 15) is 17.6 Å². The molecule has 3 nitrogen and oxygen atoms in total. The second-order valence-electron chi connectivity index (χ2n) is 4.81. The molecular weight excluding hydrogens is 290 g/mol. The van der Waals surface area contributed by atoms with Crippen LogP contribution in [0.25, 0.3) is 0 Å². The Morgan fingerprint density at radius 1 is 1.24 bits per heavy atom. The monoisotopic (exact) mass is 309 g/mol. The highest BCUT2D eigenvalue weighted by Gasteiger charge is 2.41. The van der Waals surface area contributed by atoms with Gasteiger partial charge < -0.3 is 15.2 Å². The summed E-state index contributed by atoms with van der Waals surface area (Å²) in [5.74, 6) is -3.63. The highest BCUT2D eigenvalue weighted by molar-refractivity contribution is 5.46. The standard InChI is InChI=1S/C14H19F4NO2/c1-8-4-5-10(12(20-3)9(8)2)11(19)6-21-7-14(17,18)13(15)16/h4-5,11,13H,6-7,19H2,1-3H3. The second-order valence-corrected chi connectivity index (χ2v) is 4.81. The third-order valence-corrected chi connectivity index (χ3v) is 3.22. The predicted molar refractivity (Wildman–Crippen MR) is 71.2 cm³/mol. The van der Waals surface area contributed by atoms with Gasteiger partial charge in [-0.3, -0.25) is 0 Å². The molecule has 0 spiro atoms. The molecule has 1 aromatic rings. The highest BCUT2D eigenvalue weighted by atomic mass is 19.3. The van der Waals surface area contributed by atoms with E-state index in [1.807, 2.05) is 19.9 Å². The van der Waals surface area contributed by atoms with Crippen molar-refractivity contribution < 1.29 is 27.0 Å². The van der Waals surface area contributed by atoms with Gasteiger partial charge in [0, 0.05) is 5.56 Å². The van der Waals surface area contributed by atoms with Crippen molar-refractivity contribution >= 4 is 0 Å². The summed E-state index contributed by atoms with van der Waals surface area (Å²) in [4.78, 5) is 0. The summed E-state index contributed by atoms with van der Waals surface area (Å²) in [6.45, 7) is 2.07. The molecule has 7 heteroatoms. The Labute approximate surface area is 121 Å². The number of nitrogens with two attached hydrogens (primary N) is 1. The molecule has 0 amide bonds. The zero-order chi connectivity index (χ0) is 16.2. The summed E-state index contributed by atoms with van der Waals surface area (Å²) in [6, 6.07) is 2.79. The first-order valence-electron chi connectivity index (χ1n) is 6.34. The minimum Gasteiger partial charge on any atom is -0.496 e. The van der Waals surface area contributed by atoms with Crippen LogP contribution in [0, 0.1) is 13.8 Å². The Balaban J connectivity index is 2.73. The van der Waals surface area contributed by atoms with Crippen LogP contribution in [0.3, 0.4) is 0 Å². The summed E-state index contributed by atoms with van der Waals surface area (Å²) in [5, 5.41) is 0. The molecule has 0 aromatic heterocycles. The van der Waals surface area contributed by atoms with Crippen molar-refractivity contribution in [3.05, 3.63) is 28.8 Å². The van der Waals surface area contributed by atoms with Gasteiger partial charge in [0.1, 0.15) is 12.4 Å². The van der Waals surface area contributed by atoms with Crippen molar-refractivity contribution in [1.82, 2.24) is 0 Å². The first kappa shape index (κ1) is 17.7. The number of methoxy groups -OCH3 is 1. The average Bonchev–Trinajstić information content (AvgIpc) is 2.41. The van der Waals surface area contributed by atoms with Gasteiger partial charge in [-0.15, -0.1) is 0 Å². The fraction of sp³-hybridized carbons (Fsp3) is 0.571. The molecule has 0 aliphatic carbocycles. The molecule has 0 heterocycles. The number of alkyl halides is 4. The lowest BCUT2D eigenvalue weighted by Gasteiger charge is -2.20. The minimum absolute atomic E-state index is 0.304. The van der Waals surface area contributed by atoms with Gasteiger partial charge in [0.15, 0.2) is 0 Å². The van der Waals surface area contributed by atoms with Crippen molar-refractivity contribution in [2.75, 3.05) is 20.3 Å². The van der Waals surface area contributed by atoms with Gasteiger partial charge in [-0.05, 0) is 25.0 Å². The lowest BCUT2D eigenvalue weighted by Crippen LogP contribution is -2.33. The van der Waals surface area contributed by atoms with Crippen LogP contribution in [-0.4, -0.2) is 32.7 Å². The average molecular weight is 309 g/mol. The number of benzene rings is 1. The number of hydrogen-bond donors (Lipinski definition) is 1. The van der Waals surface area contributed by atoms with Gasteiger partial charge >= 0.3 is 12.3 Å². The number of ether oxygens (including phenoxy) is 2. The van der Waals surface area contributed by atoms with Crippen LogP contribution >= 0.6 is 0 Å². The smallest absolute Gasteiger partial charge is 0.330 e. The Morgan fingerprint density at radius 2 is 1.86 bits per heavy atom. The van der Waals surface area contributed by atoms with Crippen LogP contribution in [0.1, 0.15) is 22.7 Å². The van der Waals surface area contributed by atoms with Crippen molar-refractivity contribution in [3.63, 3.8) is 0 Å². The maximum absolute atomic E-state index is 12.7. The zero-order valence-electron chi connectivity index (χ0n) is 12.1. The van der Waals surface area contributed by atoms with E-state index in [1.54, 1.807) is 6.07 Å². The second kappa shape index (κ2) is 7.09. The van der Waals surface area contributed by atoms with E-state index >= 15 is 0 Å². The van der Waals surface area contributed by atoms with E-state index in [4.69, 9.17) is 10.5 Å². The van der Waals surface area contributed by atoms with E-state index in [-0.39, 0.29) is 6.61 Å². The van der Waals surface area contributed by atoms with Gasteiger partial charge in [0.05, 0.1) is 19.8 Å². The number of rotatable bonds is 7. The molecule has 1 unspecified atom stereocenters.